The summed E-state index contributed by atoms with van der Waals surface area (Å²) in [6, 6.07) is 1.43. The first-order chi connectivity index (χ1) is 19.9. The van der Waals surface area contributed by atoms with Crippen LogP contribution in [0.15, 0.2) is 23.3 Å². The van der Waals surface area contributed by atoms with Gasteiger partial charge in [-0.2, -0.15) is 13.8 Å². The molecule has 41 heavy (non-hydrogen) atoms. The van der Waals surface area contributed by atoms with Gasteiger partial charge in [0.1, 0.15) is 0 Å². The molecule has 3 rings (SSSR count). The zero-order valence-electron chi connectivity index (χ0n) is 25.0. The Morgan fingerprint density at radius 1 is 0.902 bits per heavy atom. The van der Waals surface area contributed by atoms with Crippen molar-refractivity contribution >= 4 is 5.71 Å². The van der Waals surface area contributed by atoms with E-state index in [9.17, 15) is 8.78 Å². The van der Waals surface area contributed by atoms with Crippen molar-refractivity contribution in [3.63, 3.8) is 0 Å². The summed E-state index contributed by atoms with van der Waals surface area (Å²) in [6.45, 7) is 6.63. The molecule has 1 aliphatic carbocycles. The molecule has 2 unspecified atom stereocenters. The van der Waals surface area contributed by atoms with Crippen molar-refractivity contribution in [2.75, 3.05) is 26.4 Å². The van der Waals surface area contributed by atoms with Gasteiger partial charge in [-0.25, -0.2) is 13.8 Å². The fourth-order valence-electron chi connectivity index (χ4n) is 5.49. The number of aryl methyl sites for hydroxylation is 1. The van der Waals surface area contributed by atoms with Crippen molar-refractivity contribution in [1.29, 1.82) is 0 Å². The van der Waals surface area contributed by atoms with Crippen LogP contribution in [0.5, 0.6) is 5.88 Å². The molecule has 2 aliphatic rings. The number of aromatic nitrogens is 1. The highest BCUT2D eigenvalue weighted by molar-refractivity contribution is 5.98. The van der Waals surface area contributed by atoms with E-state index in [0.29, 0.717) is 19.8 Å². The average molecular weight is 584 g/mol. The number of unbranched alkanes of at least 4 members (excludes halogenated alkanes) is 10. The molecular weight excluding hydrogens is 534 g/mol. The van der Waals surface area contributed by atoms with E-state index in [1.54, 1.807) is 0 Å². The van der Waals surface area contributed by atoms with Crippen LogP contribution in [0.3, 0.4) is 0 Å². The lowest BCUT2D eigenvalue weighted by atomic mass is 9.78. The Morgan fingerprint density at radius 3 is 2.24 bits per heavy atom. The van der Waals surface area contributed by atoms with Crippen LogP contribution in [0.25, 0.3) is 0 Å². The zero-order valence-corrected chi connectivity index (χ0v) is 25.0. The van der Waals surface area contributed by atoms with Crippen LogP contribution in [-0.2, 0) is 17.1 Å². The summed E-state index contributed by atoms with van der Waals surface area (Å²) in [5.74, 6) is -6.15. The lowest BCUT2D eigenvalue weighted by molar-refractivity contribution is -0.0534. The van der Waals surface area contributed by atoms with Crippen LogP contribution < -0.4 is 4.74 Å². The number of pyridine rings is 1. The van der Waals surface area contributed by atoms with Gasteiger partial charge in [-0.3, -0.25) is 0 Å². The molecule has 232 valence electrons. The quantitative estimate of drug-likeness (QED) is 0.0666. The Balaban J connectivity index is 1.46. The molecule has 0 spiro atoms. The van der Waals surface area contributed by atoms with Gasteiger partial charge in [0.05, 0.1) is 23.8 Å². The summed E-state index contributed by atoms with van der Waals surface area (Å²) in [6.07, 6.45) is 15.2. The summed E-state index contributed by atoms with van der Waals surface area (Å²) in [5.41, 5.74) is -0.564. The molecule has 0 saturated carbocycles. The molecule has 0 amide bonds. The summed E-state index contributed by atoms with van der Waals surface area (Å²) >= 11 is 0. The third-order valence-corrected chi connectivity index (χ3v) is 7.92. The molecule has 1 aromatic rings. The minimum absolute atomic E-state index is 0.0364. The average Bonchev–Trinajstić information content (AvgIpc) is 2.94. The molecule has 5 nitrogen and oxygen atoms in total. The van der Waals surface area contributed by atoms with E-state index in [4.69, 9.17) is 9.47 Å². The van der Waals surface area contributed by atoms with E-state index < -0.39 is 29.8 Å². The van der Waals surface area contributed by atoms with Gasteiger partial charge in [-0.1, -0.05) is 65.2 Å². The molecule has 0 N–H and O–H groups in total. The van der Waals surface area contributed by atoms with Gasteiger partial charge < -0.3 is 14.4 Å². The topological polar surface area (TPSA) is 47.0 Å². The highest BCUT2D eigenvalue weighted by atomic mass is 19.3. The number of aliphatic imine (C=N–C) groups is 1. The van der Waals surface area contributed by atoms with Crippen LogP contribution in [0.1, 0.15) is 115 Å². The minimum Gasteiger partial charge on any atom is -0.478 e. The molecule has 0 saturated heterocycles. The lowest BCUT2D eigenvalue weighted by Crippen LogP contribution is -2.40. The molecule has 2 heterocycles. The number of alkyl halides is 3. The number of fused-ring (bicyclic) bond motifs is 1. The number of rotatable bonds is 20. The van der Waals surface area contributed by atoms with Crippen LogP contribution >= 0.6 is 0 Å². The summed E-state index contributed by atoms with van der Waals surface area (Å²) in [7, 11) is 0. The molecular formula is C32H49F4N3O2. The normalized spacial score (nSPS) is 19.8. The van der Waals surface area contributed by atoms with Crippen LogP contribution in [0.2, 0.25) is 0 Å². The third-order valence-electron chi connectivity index (χ3n) is 7.92. The molecule has 2 atom stereocenters. The highest BCUT2D eigenvalue weighted by Gasteiger charge is 2.50. The van der Waals surface area contributed by atoms with Crippen molar-refractivity contribution in [3.8, 4) is 5.88 Å². The SMILES string of the molecule is CCCCCCCCOc1cc2c(c(F)n1)C(F)(F)C(C1=NC(F)N(CCCCCOCCCCCC)C=C1)CC2. The molecule has 1 aromatic heterocycles. The first-order valence-corrected chi connectivity index (χ1v) is 15.8. The second-order valence-electron chi connectivity index (χ2n) is 11.3. The van der Waals surface area contributed by atoms with Gasteiger partial charge in [-0.05, 0) is 56.6 Å². The summed E-state index contributed by atoms with van der Waals surface area (Å²) < 4.78 is 72.1. The number of ether oxygens (including phenoxy) is 2. The maximum Gasteiger partial charge on any atom is 0.286 e. The van der Waals surface area contributed by atoms with Crippen molar-refractivity contribution in [3.05, 3.63) is 35.4 Å². The van der Waals surface area contributed by atoms with E-state index in [-0.39, 0.29) is 30.0 Å². The van der Waals surface area contributed by atoms with Crippen molar-refractivity contribution in [2.45, 2.75) is 123 Å². The van der Waals surface area contributed by atoms with Gasteiger partial charge in [0, 0.05) is 32.0 Å². The predicted octanol–water partition coefficient (Wildman–Crippen LogP) is 8.90. The van der Waals surface area contributed by atoms with Crippen LogP contribution in [0.4, 0.5) is 17.6 Å². The van der Waals surface area contributed by atoms with E-state index in [2.05, 4.69) is 23.8 Å². The number of allylic oxidation sites excluding steroid dienone is 1. The Morgan fingerprint density at radius 2 is 1.54 bits per heavy atom. The van der Waals surface area contributed by atoms with Gasteiger partial charge in [-0.15, -0.1) is 0 Å². The standard InChI is InChI=1S/C32H49F4N3O2/c1-3-5-7-9-10-15-23-41-28-24-25-16-17-26(32(35,36)29(25)30(33)38-28)27-18-20-39(31(34)37-27)19-12-11-14-22-40-21-13-8-6-4-2/h18,20,24,26,31H,3-17,19,21-23H2,1-2H3. The molecule has 0 radical (unpaired) electrons. The van der Waals surface area contributed by atoms with Gasteiger partial charge in [0.15, 0.2) is 0 Å². The number of hydrogen-bond acceptors (Lipinski definition) is 5. The Bertz CT molecular complexity index is 973. The van der Waals surface area contributed by atoms with E-state index >= 15 is 8.78 Å². The third kappa shape index (κ3) is 10.3. The number of halogens is 4. The Hall–Kier alpha value is -2.16. The Labute approximate surface area is 243 Å². The summed E-state index contributed by atoms with van der Waals surface area (Å²) in [5, 5.41) is 0. The maximum atomic E-state index is 15.6. The predicted molar refractivity (Wildman–Crippen MR) is 156 cm³/mol. The first-order valence-electron chi connectivity index (χ1n) is 15.8. The monoisotopic (exact) mass is 583 g/mol. The fourth-order valence-corrected chi connectivity index (χ4v) is 5.49. The van der Waals surface area contributed by atoms with E-state index in [1.165, 1.54) is 61.8 Å². The first kappa shape index (κ1) is 33.3. The number of hydrogen-bond donors (Lipinski definition) is 0. The van der Waals surface area contributed by atoms with Crippen molar-refractivity contribution < 1.29 is 27.0 Å². The Kier molecular flexibility index (Phi) is 14.4. The largest absolute Gasteiger partial charge is 0.478 e. The van der Waals surface area contributed by atoms with Crippen LogP contribution in [0, 0.1) is 11.9 Å². The second kappa shape index (κ2) is 17.7. The summed E-state index contributed by atoms with van der Waals surface area (Å²) in [4.78, 5) is 9.07. The van der Waals surface area contributed by atoms with Crippen LogP contribution in [-0.4, -0.2) is 48.4 Å². The number of nitrogens with zero attached hydrogens (tertiary/aromatic N) is 3. The zero-order chi connectivity index (χ0) is 29.5. The smallest absolute Gasteiger partial charge is 0.286 e. The molecule has 1 aliphatic heterocycles. The van der Waals surface area contributed by atoms with Crippen molar-refractivity contribution in [2.24, 2.45) is 10.9 Å². The lowest BCUT2D eigenvalue weighted by Gasteiger charge is -2.35. The van der Waals surface area contributed by atoms with Gasteiger partial charge in [0.2, 0.25) is 11.8 Å². The molecule has 0 fully saturated rings. The molecule has 9 heteroatoms. The van der Waals surface area contributed by atoms with Crippen molar-refractivity contribution in [1.82, 2.24) is 9.88 Å². The fraction of sp³-hybridized carbons (Fsp3) is 0.750. The van der Waals surface area contributed by atoms with Gasteiger partial charge >= 0.3 is 0 Å². The second-order valence-corrected chi connectivity index (χ2v) is 11.3. The minimum atomic E-state index is -3.55. The van der Waals surface area contributed by atoms with Gasteiger partial charge in [0.25, 0.3) is 12.3 Å². The molecule has 0 bridgehead atoms. The van der Waals surface area contributed by atoms with E-state index in [0.717, 1.165) is 51.6 Å². The van der Waals surface area contributed by atoms with E-state index in [1.807, 2.05) is 0 Å². The highest BCUT2D eigenvalue weighted by Crippen LogP contribution is 2.47. The molecule has 0 aromatic carbocycles. The maximum absolute atomic E-state index is 15.6.